The van der Waals surface area contributed by atoms with Crippen LogP contribution < -0.4 is 0 Å². The molecule has 0 saturated heterocycles. The molecule has 0 aromatic heterocycles. The molecule has 2 unspecified atom stereocenters. The Morgan fingerprint density at radius 1 is 1.00 bits per heavy atom. The van der Waals surface area contributed by atoms with Crippen LogP contribution in [0.5, 0.6) is 0 Å². The van der Waals surface area contributed by atoms with Crippen LogP contribution in [0, 0.1) is 0 Å². The third kappa shape index (κ3) is 6.28. The molecular weight excluding hydrogens is 184 g/mol. The van der Waals surface area contributed by atoms with E-state index in [4.69, 9.17) is 10.2 Å². The van der Waals surface area contributed by atoms with Crippen LogP contribution in [0.25, 0.3) is 0 Å². The van der Waals surface area contributed by atoms with E-state index in [1.54, 1.807) is 0 Å². The van der Waals surface area contributed by atoms with Gasteiger partial charge in [-0.2, -0.15) is 25.3 Å². The van der Waals surface area contributed by atoms with Gasteiger partial charge in [0.25, 0.3) is 0 Å². The number of aliphatic hydroxyl groups is 2. The second-order valence-electron chi connectivity index (χ2n) is 1.50. The van der Waals surface area contributed by atoms with Gasteiger partial charge >= 0.3 is 37.7 Å². The monoisotopic (exact) mass is 196 g/mol. The molecule has 2 N–H and O–H groups in total. The van der Waals surface area contributed by atoms with Gasteiger partial charge in [-0.3, -0.25) is 0 Å². The number of hydrogen-bond donors (Lipinski definition) is 4. The van der Waals surface area contributed by atoms with E-state index in [1.165, 1.54) is 0 Å². The van der Waals surface area contributed by atoms with Gasteiger partial charge in [0.2, 0.25) is 0 Å². The normalized spacial score (nSPS) is 16.0. The fourth-order valence-corrected chi connectivity index (χ4v) is 0.730. The summed E-state index contributed by atoms with van der Waals surface area (Å²) in [6, 6.07) is 0. The molecule has 0 fully saturated rings. The first-order chi connectivity index (χ1) is 3.72. The Kier molecular flexibility index (Phi) is 11.9. The third-order valence-corrected chi connectivity index (χ3v) is 1.57. The van der Waals surface area contributed by atoms with Crippen LogP contribution in [0.3, 0.4) is 0 Å². The SMILES string of the molecule is OC(CS)C(O)CS.[CaH2]. The summed E-state index contributed by atoms with van der Waals surface area (Å²) in [4.78, 5) is 0. The number of aliphatic hydroxyl groups excluding tert-OH is 2. The molecule has 0 aliphatic rings. The summed E-state index contributed by atoms with van der Waals surface area (Å²) in [5, 5.41) is 17.5. The molecule has 0 radical (unpaired) electrons. The van der Waals surface area contributed by atoms with Gasteiger partial charge in [0.1, 0.15) is 0 Å². The van der Waals surface area contributed by atoms with E-state index in [-0.39, 0.29) is 49.2 Å². The predicted octanol–water partition coefficient (Wildman–Crippen LogP) is -1.35. The van der Waals surface area contributed by atoms with Crippen molar-refractivity contribution in [2.24, 2.45) is 0 Å². The Balaban J connectivity index is 0. The maximum atomic E-state index is 8.75. The Bertz CT molecular complexity index is 56.5. The molecule has 0 aliphatic heterocycles. The van der Waals surface area contributed by atoms with E-state index >= 15 is 0 Å². The molecular formula is C4H12CaO2S2. The Labute approximate surface area is 95.8 Å². The molecule has 5 heteroatoms. The van der Waals surface area contributed by atoms with Crippen molar-refractivity contribution in [1.82, 2.24) is 0 Å². The third-order valence-electron chi connectivity index (χ3n) is 0.818. The summed E-state index contributed by atoms with van der Waals surface area (Å²) in [6.45, 7) is 0. The quantitative estimate of drug-likeness (QED) is 0.333. The zero-order valence-electron chi connectivity index (χ0n) is 4.36. The molecule has 2 atom stereocenters. The maximum absolute atomic E-state index is 8.75. The molecule has 0 spiro atoms. The number of rotatable bonds is 3. The van der Waals surface area contributed by atoms with Gasteiger partial charge in [0, 0.05) is 11.5 Å². The fourth-order valence-electron chi connectivity index (χ4n) is 0.243. The topological polar surface area (TPSA) is 40.5 Å². The average molecular weight is 196 g/mol. The number of hydrogen-bond acceptors (Lipinski definition) is 4. The summed E-state index contributed by atoms with van der Waals surface area (Å²) < 4.78 is 0. The van der Waals surface area contributed by atoms with E-state index in [0.29, 0.717) is 0 Å². The van der Waals surface area contributed by atoms with Crippen molar-refractivity contribution < 1.29 is 10.2 Å². The van der Waals surface area contributed by atoms with Crippen molar-refractivity contribution in [2.45, 2.75) is 12.2 Å². The molecule has 0 heterocycles. The first-order valence-electron chi connectivity index (χ1n) is 2.30. The van der Waals surface area contributed by atoms with Crippen molar-refractivity contribution in [2.75, 3.05) is 11.5 Å². The minimum absolute atomic E-state index is 0. The van der Waals surface area contributed by atoms with Crippen molar-refractivity contribution >= 4 is 63.0 Å². The van der Waals surface area contributed by atoms with Crippen LogP contribution in [-0.2, 0) is 0 Å². The molecule has 2 nitrogen and oxygen atoms in total. The second kappa shape index (κ2) is 7.98. The Hall–Kier alpha value is 1.88. The zero-order valence-corrected chi connectivity index (χ0v) is 6.15. The first-order valence-corrected chi connectivity index (χ1v) is 3.56. The predicted molar refractivity (Wildman–Crippen MR) is 48.3 cm³/mol. The van der Waals surface area contributed by atoms with Crippen LogP contribution >= 0.6 is 25.3 Å². The van der Waals surface area contributed by atoms with Crippen LogP contribution in [0.15, 0.2) is 0 Å². The van der Waals surface area contributed by atoms with Gasteiger partial charge in [-0.05, 0) is 0 Å². The summed E-state index contributed by atoms with van der Waals surface area (Å²) >= 11 is 7.53. The molecule has 0 saturated carbocycles. The summed E-state index contributed by atoms with van der Waals surface area (Å²) in [7, 11) is 0. The van der Waals surface area contributed by atoms with Crippen molar-refractivity contribution in [3.8, 4) is 0 Å². The molecule has 0 aromatic rings. The molecule has 0 aromatic carbocycles. The summed E-state index contributed by atoms with van der Waals surface area (Å²) in [5.74, 6) is 0.559. The van der Waals surface area contributed by atoms with Crippen LogP contribution in [0.4, 0.5) is 0 Å². The van der Waals surface area contributed by atoms with E-state index in [0.717, 1.165) is 0 Å². The first kappa shape index (κ1) is 13.5. The van der Waals surface area contributed by atoms with Crippen molar-refractivity contribution in [1.29, 1.82) is 0 Å². The minimum atomic E-state index is -0.740. The van der Waals surface area contributed by atoms with Crippen LogP contribution in [0.2, 0.25) is 0 Å². The molecule has 54 valence electrons. The van der Waals surface area contributed by atoms with Gasteiger partial charge in [0.05, 0.1) is 12.2 Å². The second-order valence-corrected chi connectivity index (χ2v) is 2.23. The summed E-state index contributed by atoms with van der Waals surface area (Å²) in [6.07, 6.45) is -1.48. The van der Waals surface area contributed by atoms with Gasteiger partial charge < -0.3 is 10.2 Å². The van der Waals surface area contributed by atoms with E-state index in [1.807, 2.05) is 0 Å². The standard InChI is InChI=1S/C4H10O2S2.Ca.2H/c5-3(1-7)4(6)2-8;;;/h3-8H,1-2H2;;;. The van der Waals surface area contributed by atoms with Crippen molar-refractivity contribution in [3.63, 3.8) is 0 Å². The van der Waals surface area contributed by atoms with E-state index < -0.39 is 12.2 Å². The molecule has 0 bridgehead atoms. The van der Waals surface area contributed by atoms with Gasteiger partial charge in [-0.1, -0.05) is 0 Å². The van der Waals surface area contributed by atoms with Gasteiger partial charge in [0.15, 0.2) is 0 Å². The molecule has 0 aliphatic carbocycles. The van der Waals surface area contributed by atoms with Crippen molar-refractivity contribution in [3.05, 3.63) is 0 Å². The van der Waals surface area contributed by atoms with E-state index in [9.17, 15) is 0 Å². The zero-order chi connectivity index (χ0) is 6.57. The van der Waals surface area contributed by atoms with E-state index in [2.05, 4.69) is 25.3 Å². The Morgan fingerprint density at radius 2 is 1.22 bits per heavy atom. The van der Waals surface area contributed by atoms with Gasteiger partial charge in [-0.25, -0.2) is 0 Å². The molecule has 9 heavy (non-hydrogen) atoms. The number of thiol groups is 2. The van der Waals surface area contributed by atoms with Crippen LogP contribution in [0.1, 0.15) is 0 Å². The van der Waals surface area contributed by atoms with Crippen LogP contribution in [-0.4, -0.2) is 71.7 Å². The summed E-state index contributed by atoms with van der Waals surface area (Å²) in [5.41, 5.74) is 0. The average Bonchev–Trinajstić information content (AvgIpc) is 1.84. The van der Waals surface area contributed by atoms with Gasteiger partial charge in [-0.15, -0.1) is 0 Å². The molecule has 0 amide bonds. The fraction of sp³-hybridized carbons (Fsp3) is 1.00. The Morgan fingerprint density at radius 3 is 1.33 bits per heavy atom. The molecule has 0 rings (SSSR count).